The van der Waals surface area contributed by atoms with Crippen LogP contribution >= 0.6 is 0 Å². The van der Waals surface area contributed by atoms with E-state index in [2.05, 4.69) is 56.5 Å². The quantitative estimate of drug-likeness (QED) is 0.0804. The van der Waals surface area contributed by atoms with E-state index in [4.69, 9.17) is 9.47 Å². The van der Waals surface area contributed by atoms with Gasteiger partial charge in [-0.05, 0) is 140 Å². The summed E-state index contributed by atoms with van der Waals surface area (Å²) in [5.41, 5.74) is 12.1. The van der Waals surface area contributed by atoms with Crippen molar-refractivity contribution in [3.8, 4) is 0 Å². The summed E-state index contributed by atoms with van der Waals surface area (Å²) in [6, 6.07) is 0. The Kier molecular flexibility index (Phi) is 15.7. The summed E-state index contributed by atoms with van der Waals surface area (Å²) < 4.78 is 11.7. The Bertz CT molecular complexity index is 1460. The molecule has 0 saturated carbocycles. The Hall–Kier alpha value is -3.22. The number of carbonyl (C=O) groups is 2. The molecule has 0 aliphatic carbocycles. The van der Waals surface area contributed by atoms with E-state index in [9.17, 15) is 9.59 Å². The predicted molar refractivity (Wildman–Crippen MR) is 211 cm³/mol. The first-order valence-electron chi connectivity index (χ1n) is 20.1. The van der Waals surface area contributed by atoms with Crippen molar-refractivity contribution in [1.29, 1.82) is 0 Å². The first kappa shape index (κ1) is 42.2. The molecular weight excluding hydrogens is 635 g/mol. The summed E-state index contributed by atoms with van der Waals surface area (Å²) in [5.74, 6) is -0.579. The second-order valence-electron chi connectivity index (χ2n) is 16.7. The molecule has 0 spiro atoms. The van der Waals surface area contributed by atoms with Crippen LogP contribution < -0.4 is 0 Å². The maximum Gasteiger partial charge on any atom is 0.355 e. The standard InChI is InChI=1S/C44H71N3O4/c1-13-17-21-25-33-34(26-22-18-14-2)38(28-36-32(24-20-16-4)30(6)40(47-36)42(49)51-44(10,11)12)45-37(33)27-35-31(23-19-15-3)29(5)39(46-35)41(48)50-43(7,8)9/h45-47H,13-28H2,1-12H3. The van der Waals surface area contributed by atoms with Crippen LogP contribution in [0.25, 0.3) is 0 Å². The minimum atomic E-state index is -0.567. The molecule has 0 radical (unpaired) electrons. The molecule has 3 heterocycles. The van der Waals surface area contributed by atoms with Gasteiger partial charge in [-0.15, -0.1) is 0 Å². The minimum absolute atomic E-state index is 0.290. The number of esters is 2. The van der Waals surface area contributed by atoms with E-state index in [0.717, 1.165) is 86.7 Å². The second kappa shape index (κ2) is 19.0. The van der Waals surface area contributed by atoms with Gasteiger partial charge in [0.2, 0.25) is 0 Å². The zero-order valence-corrected chi connectivity index (χ0v) is 34.4. The number of carbonyl (C=O) groups excluding carboxylic acids is 2. The molecule has 7 nitrogen and oxygen atoms in total. The van der Waals surface area contributed by atoms with Gasteiger partial charge in [0.05, 0.1) is 0 Å². The summed E-state index contributed by atoms with van der Waals surface area (Å²) in [5, 5.41) is 0. The van der Waals surface area contributed by atoms with Crippen LogP contribution in [0, 0.1) is 13.8 Å². The van der Waals surface area contributed by atoms with Gasteiger partial charge in [0.1, 0.15) is 22.6 Å². The van der Waals surface area contributed by atoms with Crippen LogP contribution in [-0.4, -0.2) is 38.1 Å². The summed E-state index contributed by atoms with van der Waals surface area (Å²) in [6.45, 7) is 24.6. The van der Waals surface area contributed by atoms with Crippen LogP contribution in [0.1, 0.15) is 211 Å². The van der Waals surface area contributed by atoms with Gasteiger partial charge in [0.25, 0.3) is 0 Å². The zero-order chi connectivity index (χ0) is 37.9. The van der Waals surface area contributed by atoms with Gasteiger partial charge in [-0.3, -0.25) is 0 Å². The SMILES string of the molecule is CCCCCc1c(Cc2[nH]c(C(=O)OC(C)(C)C)c(C)c2CCCC)[nH]c(Cc2[nH]c(C(=O)OC(C)(C)C)c(C)c2CCCC)c1CCCCC. The number of H-pyrrole nitrogens is 3. The fourth-order valence-electron chi connectivity index (χ4n) is 7.21. The Morgan fingerprint density at radius 2 is 0.784 bits per heavy atom. The van der Waals surface area contributed by atoms with Crippen molar-refractivity contribution in [3.63, 3.8) is 0 Å². The van der Waals surface area contributed by atoms with E-state index in [0.29, 0.717) is 24.2 Å². The van der Waals surface area contributed by atoms with Gasteiger partial charge in [-0.1, -0.05) is 66.2 Å². The molecule has 7 heteroatoms. The maximum atomic E-state index is 13.4. The third-order valence-electron chi connectivity index (χ3n) is 9.86. The number of unbranched alkanes of at least 4 members (excludes halogenated alkanes) is 6. The van der Waals surface area contributed by atoms with E-state index in [-0.39, 0.29) is 11.9 Å². The lowest BCUT2D eigenvalue weighted by molar-refractivity contribution is 0.00501. The first-order valence-corrected chi connectivity index (χ1v) is 20.1. The van der Waals surface area contributed by atoms with Gasteiger partial charge in [0.15, 0.2) is 0 Å². The summed E-state index contributed by atoms with van der Waals surface area (Å²) in [7, 11) is 0. The Morgan fingerprint density at radius 1 is 0.471 bits per heavy atom. The smallest absolute Gasteiger partial charge is 0.355 e. The van der Waals surface area contributed by atoms with Gasteiger partial charge >= 0.3 is 11.9 Å². The van der Waals surface area contributed by atoms with Crippen molar-refractivity contribution in [1.82, 2.24) is 15.0 Å². The van der Waals surface area contributed by atoms with Gasteiger partial charge < -0.3 is 24.4 Å². The van der Waals surface area contributed by atoms with Crippen LogP contribution in [0.4, 0.5) is 0 Å². The minimum Gasteiger partial charge on any atom is -0.455 e. The number of ether oxygens (including phenoxy) is 2. The number of nitrogens with one attached hydrogen (secondary N) is 3. The largest absolute Gasteiger partial charge is 0.455 e. The van der Waals surface area contributed by atoms with E-state index in [1.807, 2.05) is 41.5 Å². The normalized spacial score (nSPS) is 12.2. The van der Waals surface area contributed by atoms with E-state index in [1.54, 1.807) is 0 Å². The van der Waals surface area contributed by atoms with Crippen molar-refractivity contribution in [3.05, 3.63) is 67.5 Å². The van der Waals surface area contributed by atoms with E-state index >= 15 is 0 Å². The fourth-order valence-corrected chi connectivity index (χ4v) is 7.21. The van der Waals surface area contributed by atoms with Crippen LogP contribution in [0.2, 0.25) is 0 Å². The molecule has 3 rings (SSSR count). The van der Waals surface area contributed by atoms with E-state index < -0.39 is 11.2 Å². The Morgan fingerprint density at radius 3 is 1.10 bits per heavy atom. The van der Waals surface area contributed by atoms with Crippen LogP contribution in [0.15, 0.2) is 0 Å². The molecule has 0 unspecified atom stereocenters. The fraction of sp³-hybridized carbons (Fsp3) is 0.682. The highest BCUT2D eigenvalue weighted by Gasteiger charge is 2.28. The van der Waals surface area contributed by atoms with Crippen LogP contribution in [0.3, 0.4) is 0 Å². The Labute approximate surface area is 309 Å². The van der Waals surface area contributed by atoms with Crippen LogP contribution in [0.5, 0.6) is 0 Å². The topological polar surface area (TPSA) is 100.0 Å². The number of hydrogen-bond acceptors (Lipinski definition) is 4. The third-order valence-corrected chi connectivity index (χ3v) is 9.86. The maximum absolute atomic E-state index is 13.4. The second-order valence-corrected chi connectivity index (χ2v) is 16.7. The predicted octanol–water partition coefficient (Wildman–Crippen LogP) is 11.5. The molecule has 0 amide bonds. The average molecular weight is 706 g/mol. The average Bonchev–Trinajstić information content (AvgIpc) is 3.64. The molecule has 0 aromatic carbocycles. The number of rotatable bonds is 20. The van der Waals surface area contributed by atoms with Gasteiger partial charge in [-0.2, -0.15) is 0 Å². The molecule has 3 aromatic heterocycles. The number of hydrogen-bond donors (Lipinski definition) is 3. The van der Waals surface area contributed by atoms with Crippen molar-refractivity contribution in [2.45, 2.75) is 197 Å². The molecule has 286 valence electrons. The molecular formula is C44H71N3O4. The Balaban J connectivity index is 2.19. The highest BCUT2D eigenvalue weighted by molar-refractivity contribution is 5.90. The monoisotopic (exact) mass is 706 g/mol. The highest BCUT2D eigenvalue weighted by atomic mass is 16.6. The van der Waals surface area contributed by atoms with Gasteiger partial charge in [-0.25, -0.2) is 9.59 Å². The molecule has 3 N–H and O–H groups in total. The molecule has 0 bridgehead atoms. The highest BCUT2D eigenvalue weighted by Crippen LogP contribution is 2.32. The first-order chi connectivity index (χ1) is 24.0. The molecule has 51 heavy (non-hydrogen) atoms. The van der Waals surface area contributed by atoms with Crippen molar-refractivity contribution in [2.75, 3.05) is 0 Å². The molecule has 0 saturated heterocycles. The molecule has 3 aromatic rings. The summed E-state index contributed by atoms with van der Waals surface area (Å²) in [6.07, 6.45) is 16.6. The lowest BCUT2D eigenvalue weighted by Gasteiger charge is -2.19. The van der Waals surface area contributed by atoms with Crippen LogP contribution in [-0.2, 0) is 48.0 Å². The van der Waals surface area contributed by atoms with Crippen molar-refractivity contribution in [2.24, 2.45) is 0 Å². The molecule has 0 aliphatic rings. The summed E-state index contributed by atoms with van der Waals surface area (Å²) >= 11 is 0. The van der Waals surface area contributed by atoms with E-state index in [1.165, 1.54) is 59.3 Å². The zero-order valence-electron chi connectivity index (χ0n) is 34.4. The lowest BCUT2D eigenvalue weighted by atomic mass is 9.93. The summed E-state index contributed by atoms with van der Waals surface area (Å²) in [4.78, 5) is 37.9. The molecule has 0 fully saturated rings. The molecule has 0 atom stereocenters. The lowest BCUT2D eigenvalue weighted by Crippen LogP contribution is -2.24. The van der Waals surface area contributed by atoms with Crippen molar-refractivity contribution < 1.29 is 19.1 Å². The van der Waals surface area contributed by atoms with Crippen molar-refractivity contribution >= 4 is 11.9 Å². The van der Waals surface area contributed by atoms with Gasteiger partial charge in [0, 0.05) is 35.6 Å². The molecule has 0 aliphatic heterocycles. The third kappa shape index (κ3) is 11.9. The number of aromatic amines is 3. The number of aromatic nitrogens is 3.